The number of likely N-dealkylation sites (N-methyl/N-ethyl adjacent to an activating group) is 2. The highest BCUT2D eigenvalue weighted by Gasteiger charge is 2.24. The van der Waals surface area contributed by atoms with Crippen molar-refractivity contribution >= 4 is 5.69 Å². The van der Waals surface area contributed by atoms with Gasteiger partial charge < -0.3 is 4.90 Å². The largest absolute Gasteiger partial charge is 0.371 e. The molecule has 0 aliphatic carbocycles. The molecule has 2 rings (SSSR count). The number of nitrogens with zero attached hydrogens (tertiary/aromatic N) is 4. The third-order valence-corrected chi connectivity index (χ3v) is 3.72. The summed E-state index contributed by atoms with van der Waals surface area (Å²) in [4.78, 5) is 8.79. The zero-order valence-corrected chi connectivity index (χ0v) is 11.1. The fourth-order valence-electron chi connectivity index (χ4n) is 2.72. The van der Waals surface area contributed by atoms with Crippen molar-refractivity contribution in [3.63, 3.8) is 0 Å². The van der Waals surface area contributed by atoms with E-state index in [0.29, 0.717) is 11.6 Å². The van der Waals surface area contributed by atoms with Crippen LogP contribution < -0.4 is 4.90 Å². The van der Waals surface area contributed by atoms with E-state index in [4.69, 9.17) is 5.26 Å². The van der Waals surface area contributed by atoms with Crippen LogP contribution in [0, 0.1) is 11.3 Å². The Hall–Kier alpha value is -1.60. The number of nitriles is 1. The van der Waals surface area contributed by atoms with Crippen LogP contribution in [0.2, 0.25) is 0 Å². The molecule has 1 saturated heterocycles. The van der Waals surface area contributed by atoms with Crippen molar-refractivity contribution in [1.82, 2.24) is 9.88 Å². The minimum absolute atomic E-state index is 0.603. The van der Waals surface area contributed by atoms with Crippen LogP contribution in [-0.2, 0) is 0 Å². The highest BCUT2D eigenvalue weighted by atomic mass is 15.2. The molecule has 0 bridgehead atoms. The molecule has 0 saturated carbocycles. The van der Waals surface area contributed by atoms with E-state index in [0.717, 1.165) is 18.8 Å². The molecule has 1 aliphatic heterocycles. The first-order valence-corrected chi connectivity index (χ1v) is 6.55. The summed E-state index contributed by atoms with van der Waals surface area (Å²) in [6.07, 6.45) is 5.98. The van der Waals surface area contributed by atoms with Crippen molar-refractivity contribution < 1.29 is 0 Å². The number of likely N-dealkylation sites (tertiary alicyclic amines) is 1. The second kappa shape index (κ2) is 5.83. The van der Waals surface area contributed by atoms with Gasteiger partial charge in [-0.25, -0.2) is 0 Å². The van der Waals surface area contributed by atoms with E-state index in [-0.39, 0.29) is 0 Å². The van der Waals surface area contributed by atoms with E-state index >= 15 is 0 Å². The fraction of sp³-hybridized carbons (Fsp3) is 0.571. The number of aromatic nitrogens is 1. The zero-order chi connectivity index (χ0) is 13.0. The molecule has 0 aromatic carbocycles. The Bertz CT molecular complexity index is 438. The molecule has 4 nitrogen and oxygen atoms in total. The maximum atomic E-state index is 9.11. The number of hydrogen-bond acceptors (Lipinski definition) is 4. The molecule has 1 aromatic rings. The Morgan fingerprint density at radius 3 is 3.17 bits per heavy atom. The van der Waals surface area contributed by atoms with Gasteiger partial charge in [0.2, 0.25) is 0 Å². The van der Waals surface area contributed by atoms with Gasteiger partial charge in [-0.1, -0.05) is 6.92 Å². The first-order chi connectivity index (χ1) is 8.76. The first-order valence-electron chi connectivity index (χ1n) is 6.55. The van der Waals surface area contributed by atoms with Crippen LogP contribution in [0.1, 0.15) is 25.3 Å². The summed E-state index contributed by atoms with van der Waals surface area (Å²) in [7, 11) is 2.05. The van der Waals surface area contributed by atoms with Crippen molar-refractivity contribution in [3.05, 3.63) is 24.0 Å². The van der Waals surface area contributed by atoms with Crippen LogP contribution in [0.15, 0.2) is 18.5 Å². The van der Waals surface area contributed by atoms with Gasteiger partial charge in [0.15, 0.2) is 0 Å². The highest BCUT2D eigenvalue weighted by Crippen LogP contribution is 2.22. The fourth-order valence-corrected chi connectivity index (χ4v) is 2.72. The number of hydrogen-bond donors (Lipinski definition) is 0. The second-order valence-corrected chi connectivity index (χ2v) is 4.81. The summed E-state index contributed by atoms with van der Waals surface area (Å²) in [5, 5.41) is 9.11. The predicted octanol–water partition coefficient (Wildman–Crippen LogP) is 1.87. The molecule has 18 heavy (non-hydrogen) atoms. The average Bonchev–Trinajstić information content (AvgIpc) is 2.85. The van der Waals surface area contributed by atoms with Crippen molar-refractivity contribution in [2.75, 3.05) is 31.6 Å². The van der Waals surface area contributed by atoms with Gasteiger partial charge in [0.25, 0.3) is 0 Å². The van der Waals surface area contributed by atoms with Crippen LogP contribution in [0.3, 0.4) is 0 Å². The van der Waals surface area contributed by atoms with Gasteiger partial charge in [-0.3, -0.25) is 9.88 Å². The molecule has 0 N–H and O–H groups in total. The van der Waals surface area contributed by atoms with Crippen molar-refractivity contribution in [2.45, 2.75) is 25.8 Å². The summed E-state index contributed by atoms with van der Waals surface area (Å²) in [6, 6.07) is 4.61. The lowest BCUT2D eigenvalue weighted by Gasteiger charge is -2.29. The molecule has 0 spiro atoms. The molecule has 1 atom stereocenters. The molecule has 0 radical (unpaired) electrons. The number of rotatable bonds is 4. The SMILES string of the molecule is CCN1CCCC1CN(C)c1cnccc1C#N. The molecule has 1 unspecified atom stereocenters. The third-order valence-electron chi connectivity index (χ3n) is 3.72. The summed E-state index contributed by atoms with van der Waals surface area (Å²) in [5.41, 5.74) is 1.64. The Morgan fingerprint density at radius 2 is 2.44 bits per heavy atom. The second-order valence-electron chi connectivity index (χ2n) is 4.81. The smallest absolute Gasteiger partial charge is 0.101 e. The Kier molecular flexibility index (Phi) is 4.16. The quantitative estimate of drug-likeness (QED) is 0.811. The van der Waals surface area contributed by atoms with Crippen LogP contribution in [0.25, 0.3) is 0 Å². The van der Waals surface area contributed by atoms with Crippen LogP contribution in [-0.4, -0.2) is 42.6 Å². The monoisotopic (exact) mass is 244 g/mol. The molecule has 4 heteroatoms. The maximum Gasteiger partial charge on any atom is 0.101 e. The molecule has 96 valence electrons. The molecular formula is C14H20N4. The lowest BCUT2D eigenvalue weighted by atomic mass is 10.1. The molecule has 1 aliphatic rings. The number of anilines is 1. The maximum absolute atomic E-state index is 9.11. The molecule has 0 amide bonds. The molecule has 1 aromatic heterocycles. The molecule has 1 fully saturated rings. The third kappa shape index (κ3) is 2.62. The van der Waals surface area contributed by atoms with Crippen molar-refractivity contribution in [1.29, 1.82) is 5.26 Å². The molecular weight excluding hydrogens is 224 g/mol. The van der Waals surface area contributed by atoms with E-state index in [1.165, 1.54) is 19.4 Å². The van der Waals surface area contributed by atoms with Gasteiger partial charge in [0.1, 0.15) is 6.07 Å². The van der Waals surface area contributed by atoms with Crippen molar-refractivity contribution in [2.24, 2.45) is 0 Å². The minimum Gasteiger partial charge on any atom is -0.371 e. The van der Waals surface area contributed by atoms with E-state index in [2.05, 4.69) is 27.8 Å². The van der Waals surface area contributed by atoms with E-state index < -0.39 is 0 Å². The van der Waals surface area contributed by atoms with Crippen LogP contribution in [0.4, 0.5) is 5.69 Å². The van der Waals surface area contributed by atoms with Gasteiger partial charge in [0.05, 0.1) is 17.4 Å². The van der Waals surface area contributed by atoms with E-state index in [1.54, 1.807) is 18.5 Å². The van der Waals surface area contributed by atoms with Gasteiger partial charge in [-0.15, -0.1) is 0 Å². The number of pyridine rings is 1. The Labute approximate surface area is 109 Å². The average molecular weight is 244 g/mol. The summed E-state index contributed by atoms with van der Waals surface area (Å²) >= 11 is 0. The summed E-state index contributed by atoms with van der Waals surface area (Å²) in [6.45, 7) is 5.49. The van der Waals surface area contributed by atoms with E-state index in [9.17, 15) is 0 Å². The lowest BCUT2D eigenvalue weighted by Crippen LogP contribution is -2.39. The summed E-state index contributed by atoms with van der Waals surface area (Å²) < 4.78 is 0. The summed E-state index contributed by atoms with van der Waals surface area (Å²) in [5.74, 6) is 0. The Morgan fingerprint density at radius 1 is 1.61 bits per heavy atom. The standard InChI is InChI=1S/C14H20N4/c1-3-18-8-4-5-13(18)11-17(2)14-10-16-7-6-12(14)9-15/h6-7,10,13H,3-5,8,11H2,1-2H3. The van der Waals surface area contributed by atoms with Gasteiger partial charge in [-0.2, -0.15) is 5.26 Å². The van der Waals surface area contributed by atoms with Crippen LogP contribution in [0.5, 0.6) is 0 Å². The van der Waals surface area contributed by atoms with Gasteiger partial charge in [-0.05, 0) is 32.0 Å². The Balaban J connectivity index is 2.08. The van der Waals surface area contributed by atoms with Crippen LogP contribution >= 0.6 is 0 Å². The first kappa shape index (κ1) is 12.8. The predicted molar refractivity (Wildman–Crippen MR) is 72.5 cm³/mol. The minimum atomic E-state index is 0.603. The topological polar surface area (TPSA) is 43.2 Å². The molecule has 2 heterocycles. The zero-order valence-electron chi connectivity index (χ0n) is 11.1. The van der Waals surface area contributed by atoms with Gasteiger partial charge in [0, 0.05) is 25.8 Å². The lowest BCUT2D eigenvalue weighted by molar-refractivity contribution is 0.270. The van der Waals surface area contributed by atoms with E-state index in [1.807, 2.05) is 7.05 Å². The van der Waals surface area contributed by atoms with Gasteiger partial charge >= 0.3 is 0 Å². The normalized spacial score (nSPS) is 19.7. The highest BCUT2D eigenvalue weighted by molar-refractivity contribution is 5.57. The van der Waals surface area contributed by atoms with Crippen molar-refractivity contribution in [3.8, 4) is 6.07 Å².